The molecule has 2 N–H and O–H groups in total. The summed E-state index contributed by atoms with van der Waals surface area (Å²) in [5.74, 6) is 0.0533. The molecule has 2 aromatic rings. The zero-order valence-corrected chi connectivity index (χ0v) is 19.0. The van der Waals surface area contributed by atoms with Crippen molar-refractivity contribution in [2.45, 2.75) is 37.5 Å². The molecule has 0 bridgehead atoms. The Hall–Kier alpha value is -2.91. The molecule has 172 valence electrons. The predicted octanol–water partition coefficient (Wildman–Crippen LogP) is 2.56. The molecule has 1 aliphatic heterocycles. The Morgan fingerprint density at radius 3 is 2.22 bits per heavy atom. The molecule has 8 nitrogen and oxygen atoms in total. The first-order valence-electron chi connectivity index (χ1n) is 10.8. The fourth-order valence-electron chi connectivity index (χ4n) is 3.47. The lowest BCUT2D eigenvalue weighted by atomic mass is 10.1. The molecule has 0 aliphatic carbocycles. The van der Waals surface area contributed by atoms with E-state index in [1.165, 1.54) is 16.4 Å². The van der Waals surface area contributed by atoms with Gasteiger partial charge in [-0.2, -0.15) is 4.31 Å². The van der Waals surface area contributed by atoms with Crippen LogP contribution in [0.25, 0.3) is 0 Å². The van der Waals surface area contributed by atoms with Gasteiger partial charge in [-0.3, -0.25) is 9.59 Å². The molecule has 1 saturated heterocycles. The first kappa shape index (κ1) is 23.7. The van der Waals surface area contributed by atoms with Crippen LogP contribution in [0.1, 0.15) is 31.7 Å². The van der Waals surface area contributed by atoms with E-state index in [1.807, 2.05) is 6.92 Å². The Kier molecular flexibility index (Phi) is 8.24. The first-order chi connectivity index (χ1) is 15.4. The second-order valence-electron chi connectivity index (χ2n) is 7.57. The van der Waals surface area contributed by atoms with Crippen LogP contribution in [0, 0.1) is 0 Å². The van der Waals surface area contributed by atoms with Crippen molar-refractivity contribution in [3.8, 4) is 5.75 Å². The number of amides is 2. The monoisotopic (exact) mass is 459 g/mol. The molecule has 0 spiro atoms. The molecular formula is C23H29N3O5S. The number of hydrogen-bond acceptors (Lipinski definition) is 5. The number of sulfonamides is 1. The molecule has 32 heavy (non-hydrogen) atoms. The summed E-state index contributed by atoms with van der Waals surface area (Å²) in [5.41, 5.74) is 1.28. The molecule has 1 aliphatic rings. The van der Waals surface area contributed by atoms with Crippen molar-refractivity contribution in [3.63, 3.8) is 0 Å². The van der Waals surface area contributed by atoms with Crippen molar-refractivity contribution in [2.24, 2.45) is 0 Å². The van der Waals surface area contributed by atoms with E-state index in [4.69, 9.17) is 4.74 Å². The van der Waals surface area contributed by atoms with Crippen molar-refractivity contribution < 1.29 is 22.7 Å². The summed E-state index contributed by atoms with van der Waals surface area (Å²) < 4.78 is 32.3. The van der Waals surface area contributed by atoms with E-state index >= 15 is 0 Å². The van der Waals surface area contributed by atoms with E-state index in [0.717, 1.165) is 19.3 Å². The van der Waals surface area contributed by atoms with Gasteiger partial charge in [-0.1, -0.05) is 18.6 Å². The molecule has 0 radical (unpaired) electrons. The van der Waals surface area contributed by atoms with Crippen molar-refractivity contribution in [1.82, 2.24) is 9.62 Å². The number of rotatable bonds is 9. The molecule has 9 heteroatoms. The van der Waals surface area contributed by atoms with Gasteiger partial charge in [0.15, 0.2) is 0 Å². The van der Waals surface area contributed by atoms with Crippen molar-refractivity contribution in [1.29, 1.82) is 0 Å². The summed E-state index contributed by atoms with van der Waals surface area (Å²) >= 11 is 0. The maximum absolute atomic E-state index is 12.7. The molecule has 2 amide bonds. The number of anilines is 1. The second-order valence-corrected chi connectivity index (χ2v) is 9.51. The fourth-order valence-corrected chi connectivity index (χ4v) is 4.98. The summed E-state index contributed by atoms with van der Waals surface area (Å²) in [5, 5.41) is 5.28. The highest BCUT2D eigenvalue weighted by Gasteiger charge is 2.25. The normalized spacial score (nSPS) is 14.5. The van der Waals surface area contributed by atoms with Crippen LogP contribution in [0.15, 0.2) is 53.4 Å². The van der Waals surface area contributed by atoms with E-state index in [0.29, 0.717) is 36.7 Å². The molecule has 1 fully saturated rings. The van der Waals surface area contributed by atoms with E-state index < -0.39 is 10.0 Å². The van der Waals surface area contributed by atoms with Gasteiger partial charge in [-0.05, 0) is 61.7 Å². The summed E-state index contributed by atoms with van der Waals surface area (Å²) in [6.45, 7) is 3.39. The Bertz CT molecular complexity index is 1010. The van der Waals surface area contributed by atoms with Gasteiger partial charge in [0.1, 0.15) is 5.75 Å². The average molecular weight is 460 g/mol. The van der Waals surface area contributed by atoms with Gasteiger partial charge in [0.2, 0.25) is 21.8 Å². The molecular weight excluding hydrogens is 430 g/mol. The summed E-state index contributed by atoms with van der Waals surface area (Å²) in [6, 6.07) is 13.3. The minimum absolute atomic E-state index is 0.0559. The Morgan fingerprint density at radius 2 is 1.59 bits per heavy atom. The SMILES string of the molecule is CCOc1ccc(NC(=O)CNC(=O)Cc2ccc(S(=O)(=O)N3CCCCC3)cc2)cc1. The Balaban J connectivity index is 1.46. The van der Waals surface area contributed by atoms with Gasteiger partial charge >= 0.3 is 0 Å². The largest absolute Gasteiger partial charge is 0.494 e. The van der Waals surface area contributed by atoms with Gasteiger partial charge in [-0.15, -0.1) is 0 Å². The highest BCUT2D eigenvalue weighted by Crippen LogP contribution is 2.21. The lowest BCUT2D eigenvalue weighted by Gasteiger charge is -2.25. The van der Waals surface area contributed by atoms with Crippen LogP contribution in [-0.4, -0.2) is 50.8 Å². The molecule has 0 saturated carbocycles. The maximum Gasteiger partial charge on any atom is 0.243 e. The van der Waals surface area contributed by atoms with Crippen LogP contribution in [-0.2, 0) is 26.0 Å². The number of ether oxygens (including phenoxy) is 1. The average Bonchev–Trinajstić information content (AvgIpc) is 2.80. The van der Waals surface area contributed by atoms with Crippen LogP contribution in [0.5, 0.6) is 5.75 Å². The van der Waals surface area contributed by atoms with Crippen molar-refractivity contribution in [3.05, 3.63) is 54.1 Å². The molecule has 0 atom stereocenters. The smallest absolute Gasteiger partial charge is 0.243 e. The topological polar surface area (TPSA) is 105 Å². The second kappa shape index (κ2) is 11.1. The van der Waals surface area contributed by atoms with Gasteiger partial charge < -0.3 is 15.4 Å². The zero-order valence-electron chi connectivity index (χ0n) is 18.2. The predicted molar refractivity (Wildman–Crippen MR) is 122 cm³/mol. The molecule has 0 unspecified atom stereocenters. The minimum Gasteiger partial charge on any atom is -0.494 e. The van der Waals surface area contributed by atoms with Gasteiger partial charge in [-0.25, -0.2) is 8.42 Å². The van der Waals surface area contributed by atoms with Crippen molar-refractivity contribution >= 4 is 27.5 Å². The number of nitrogens with zero attached hydrogens (tertiary/aromatic N) is 1. The molecule has 2 aromatic carbocycles. The van der Waals surface area contributed by atoms with Gasteiger partial charge in [0, 0.05) is 18.8 Å². The molecule has 0 aromatic heterocycles. The lowest BCUT2D eigenvalue weighted by Crippen LogP contribution is -2.35. The van der Waals surface area contributed by atoms with E-state index in [2.05, 4.69) is 10.6 Å². The highest BCUT2D eigenvalue weighted by molar-refractivity contribution is 7.89. The van der Waals surface area contributed by atoms with Crippen LogP contribution < -0.4 is 15.4 Å². The minimum atomic E-state index is -3.49. The quantitative estimate of drug-likeness (QED) is 0.600. The third-order valence-corrected chi connectivity index (χ3v) is 7.05. The van der Waals surface area contributed by atoms with Gasteiger partial charge in [0.05, 0.1) is 24.5 Å². The molecule has 3 rings (SSSR count). The summed E-state index contributed by atoms with van der Waals surface area (Å²) in [4.78, 5) is 24.5. The first-order valence-corrected chi connectivity index (χ1v) is 12.2. The number of carbonyl (C=O) groups is 2. The number of piperidine rings is 1. The summed E-state index contributed by atoms with van der Waals surface area (Å²) in [7, 11) is -3.49. The summed E-state index contributed by atoms with van der Waals surface area (Å²) in [6.07, 6.45) is 2.87. The number of benzene rings is 2. The van der Waals surface area contributed by atoms with E-state index in [1.54, 1.807) is 36.4 Å². The molecule has 1 heterocycles. The zero-order chi connectivity index (χ0) is 23.0. The Labute approximate surface area is 189 Å². The maximum atomic E-state index is 12.7. The van der Waals surface area contributed by atoms with E-state index in [-0.39, 0.29) is 29.7 Å². The van der Waals surface area contributed by atoms with Crippen molar-refractivity contribution in [2.75, 3.05) is 31.6 Å². The number of hydrogen-bond donors (Lipinski definition) is 2. The third-order valence-electron chi connectivity index (χ3n) is 5.14. The fraction of sp³-hybridized carbons (Fsp3) is 0.391. The van der Waals surface area contributed by atoms with Crippen LogP contribution in [0.2, 0.25) is 0 Å². The van der Waals surface area contributed by atoms with Crippen LogP contribution in [0.4, 0.5) is 5.69 Å². The van der Waals surface area contributed by atoms with Gasteiger partial charge in [0.25, 0.3) is 0 Å². The van der Waals surface area contributed by atoms with Crippen LogP contribution >= 0.6 is 0 Å². The number of nitrogens with one attached hydrogen (secondary N) is 2. The highest BCUT2D eigenvalue weighted by atomic mass is 32.2. The number of carbonyl (C=O) groups excluding carboxylic acids is 2. The standard InChI is InChI=1S/C23H29N3O5S/c1-2-31-20-10-8-19(9-11-20)25-23(28)17-24-22(27)16-18-6-12-21(13-7-18)32(29,30)26-14-4-3-5-15-26/h6-13H,2-5,14-17H2,1H3,(H,24,27)(H,25,28). The lowest BCUT2D eigenvalue weighted by molar-refractivity contribution is -0.123. The Morgan fingerprint density at radius 1 is 0.938 bits per heavy atom. The van der Waals surface area contributed by atoms with E-state index in [9.17, 15) is 18.0 Å². The van der Waals surface area contributed by atoms with Crippen LogP contribution in [0.3, 0.4) is 0 Å². The third kappa shape index (κ3) is 6.54.